The topological polar surface area (TPSA) is 77.2 Å². The third kappa shape index (κ3) is 4.13. The Morgan fingerprint density at radius 2 is 2.47 bits per heavy atom. The summed E-state index contributed by atoms with van der Waals surface area (Å²) in [5.74, 6) is -1.03. The SMILES string of the molecule is CCN(Cc1csc(C(=O)O)n1)CC(C)C#N. The average Bonchev–Trinajstić information content (AvgIpc) is 2.76. The fourth-order valence-corrected chi connectivity index (χ4v) is 2.09. The molecule has 0 radical (unpaired) electrons. The lowest BCUT2D eigenvalue weighted by Gasteiger charge is -2.20. The van der Waals surface area contributed by atoms with Gasteiger partial charge in [-0.05, 0) is 13.5 Å². The first-order valence-electron chi connectivity index (χ1n) is 5.36. The lowest BCUT2D eigenvalue weighted by atomic mass is 10.2. The number of aromatic nitrogens is 1. The van der Waals surface area contributed by atoms with Crippen LogP contribution in [-0.2, 0) is 6.54 Å². The highest BCUT2D eigenvalue weighted by Crippen LogP contribution is 2.12. The van der Waals surface area contributed by atoms with Crippen molar-refractivity contribution in [1.29, 1.82) is 5.26 Å². The van der Waals surface area contributed by atoms with Crippen LogP contribution < -0.4 is 0 Å². The Bertz CT molecular complexity index is 425. The van der Waals surface area contributed by atoms with Gasteiger partial charge < -0.3 is 5.11 Å². The number of nitriles is 1. The van der Waals surface area contributed by atoms with E-state index in [1.54, 1.807) is 5.38 Å². The summed E-state index contributed by atoms with van der Waals surface area (Å²) in [7, 11) is 0. The van der Waals surface area contributed by atoms with E-state index in [1.807, 2.05) is 13.8 Å². The number of nitrogens with zero attached hydrogens (tertiary/aromatic N) is 3. The van der Waals surface area contributed by atoms with Gasteiger partial charge in [-0.25, -0.2) is 9.78 Å². The number of hydrogen-bond donors (Lipinski definition) is 1. The minimum Gasteiger partial charge on any atom is -0.476 e. The van der Waals surface area contributed by atoms with E-state index in [-0.39, 0.29) is 10.9 Å². The Morgan fingerprint density at radius 1 is 1.76 bits per heavy atom. The summed E-state index contributed by atoms with van der Waals surface area (Å²) in [6, 6.07) is 2.19. The molecule has 6 heteroatoms. The van der Waals surface area contributed by atoms with Gasteiger partial charge in [-0.1, -0.05) is 6.92 Å². The molecule has 1 heterocycles. The van der Waals surface area contributed by atoms with Gasteiger partial charge in [0.15, 0.2) is 0 Å². The van der Waals surface area contributed by atoms with Gasteiger partial charge in [-0.2, -0.15) is 5.26 Å². The van der Waals surface area contributed by atoms with Gasteiger partial charge in [0.25, 0.3) is 0 Å². The van der Waals surface area contributed by atoms with E-state index < -0.39 is 5.97 Å². The molecule has 0 aliphatic heterocycles. The lowest BCUT2D eigenvalue weighted by Crippen LogP contribution is -2.27. The molecule has 1 N–H and O–H groups in total. The summed E-state index contributed by atoms with van der Waals surface area (Å²) >= 11 is 1.13. The normalized spacial score (nSPS) is 12.4. The van der Waals surface area contributed by atoms with Crippen molar-refractivity contribution in [3.63, 3.8) is 0 Å². The maximum atomic E-state index is 10.7. The Balaban J connectivity index is 2.61. The van der Waals surface area contributed by atoms with Gasteiger partial charge in [0.2, 0.25) is 5.01 Å². The molecule has 0 amide bonds. The zero-order valence-electron chi connectivity index (χ0n) is 9.88. The van der Waals surface area contributed by atoms with Crippen LogP contribution in [0.3, 0.4) is 0 Å². The molecule has 0 aliphatic rings. The van der Waals surface area contributed by atoms with E-state index in [4.69, 9.17) is 10.4 Å². The molecule has 17 heavy (non-hydrogen) atoms. The lowest BCUT2D eigenvalue weighted by molar-refractivity contribution is 0.0696. The number of carboxylic acid groups (broad SMARTS) is 1. The molecule has 1 unspecified atom stereocenters. The highest BCUT2D eigenvalue weighted by atomic mass is 32.1. The van der Waals surface area contributed by atoms with Crippen LogP contribution in [0.15, 0.2) is 5.38 Å². The predicted molar refractivity (Wildman–Crippen MR) is 64.8 cm³/mol. The van der Waals surface area contributed by atoms with E-state index in [9.17, 15) is 4.79 Å². The molecule has 0 aromatic carbocycles. The molecule has 1 rings (SSSR count). The van der Waals surface area contributed by atoms with Crippen LogP contribution in [0, 0.1) is 17.2 Å². The van der Waals surface area contributed by atoms with Crippen molar-refractivity contribution < 1.29 is 9.90 Å². The van der Waals surface area contributed by atoms with Crippen LogP contribution in [-0.4, -0.2) is 34.0 Å². The average molecular weight is 253 g/mol. The van der Waals surface area contributed by atoms with Gasteiger partial charge in [0.1, 0.15) is 0 Å². The highest BCUT2D eigenvalue weighted by molar-refractivity contribution is 7.11. The van der Waals surface area contributed by atoms with Crippen molar-refractivity contribution in [2.75, 3.05) is 13.1 Å². The summed E-state index contributed by atoms with van der Waals surface area (Å²) in [6.45, 7) is 5.95. The van der Waals surface area contributed by atoms with Crippen molar-refractivity contribution in [3.05, 3.63) is 16.1 Å². The second-order valence-corrected chi connectivity index (χ2v) is 4.67. The standard InChI is InChI=1S/C11H15N3O2S/c1-3-14(5-8(2)4-12)6-9-7-17-10(13-9)11(15)16/h7-8H,3,5-6H2,1-2H3,(H,15,16). The summed E-state index contributed by atoms with van der Waals surface area (Å²) in [4.78, 5) is 16.8. The first-order valence-corrected chi connectivity index (χ1v) is 6.24. The molecule has 1 aromatic rings. The molecule has 1 aromatic heterocycles. The number of carboxylic acids is 1. The van der Waals surface area contributed by atoms with Gasteiger partial charge >= 0.3 is 5.97 Å². The van der Waals surface area contributed by atoms with Crippen molar-refractivity contribution in [1.82, 2.24) is 9.88 Å². The largest absolute Gasteiger partial charge is 0.476 e. The fraction of sp³-hybridized carbons (Fsp3) is 0.545. The van der Waals surface area contributed by atoms with Crippen LogP contribution in [0.1, 0.15) is 29.3 Å². The molecule has 1 atom stereocenters. The number of rotatable bonds is 6. The minimum atomic E-state index is -0.991. The molecule has 0 bridgehead atoms. The molecule has 0 spiro atoms. The van der Waals surface area contributed by atoms with Crippen molar-refractivity contribution in [2.45, 2.75) is 20.4 Å². The Morgan fingerprint density at radius 3 is 2.94 bits per heavy atom. The van der Waals surface area contributed by atoms with Crippen molar-refractivity contribution in [2.24, 2.45) is 5.92 Å². The van der Waals surface area contributed by atoms with E-state index in [0.29, 0.717) is 13.1 Å². The Labute approximate surface area is 104 Å². The molecule has 92 valence electrons. The predicted octanol–water partition coefficient (Wildman–Crippen LogP) is 1.82. The van der Waals surface area contributed by atoms with Gasteiger partial charge in [0.05, 0.1) is 17.7 Å². The molecule has 0 aliphatic carbocycles. The summed E-state index contributed by atoms with van der Waals surface area (Å²) in [5.41, 5.74) is 0.749. The van der Waals surface area contributed by atoms with Crippen LogP contribution >= 0.6 is 11.3 Å². The number of carbonyl (C=O) groups is 1. The second-order valence-electron chi connectivity index (χ2n) is 3.81. The third-order valence-electron chi connectivity index (χ3n) is 2.32. The maximum absolute atomic E-state index is 10.7. The zero-order chi connectivity index (χ0) is 12.8. The van der Waals surface area contributed by atoms with E-state index in [1.165, 1.54) is 0 Å². The third-order valence-corrected chi connectivity index (χ3v) is 3.20. The van der Waals surface area contributed by atoms with Crippen molar-refractivity contribution >= 4 is 17.3 Å². The Hall–Kier alpha value is -1.45. The quantitative estimate of drug-likeness (QED) is 0.836. The highest BCUT2D eigenvalue weighted by Gasteiger charge is 2.13. The second kappa shape index (κ2) is 6.33. The van der Waals surface area contributed by atoms with Crippen LogP contribution in [0.25, 0.3) is 0 Å². The molecule has 0 saturated carbocycles. The fourth-order valence-electron chi connectivity index (χ4n) is 1.44. The minimum absolute atomic E-state index is 0.0347. The number of hydrogen-bond acceptors (Lipinski definition) is 5. The van der Waals surface area contributed by atoms with E-state index >= 15 is 0 Å². The van der Waals surface area contributed by atoms with Gasteiger partial charge in [-0.3, -0.25) is 4.90 Å². The molecular formula is C11H15N3O2S. The van der Waals surface area contributed by atoms with E-state index in [0.717, 1.165) is 23.6 Å². The first kappa shape index (κ1) is 13.6. The van der Waals surface area contributed by atoms with Crippen LogP contribution in [0.5, 0.6) is 0 Å². The van der Waals surface area contributed by atoms with Gasteiger partial charge in [0, 0.05) is 18.5 Å². The summed E-state index contributed by atoms with van der Waals surface area (Å²) < 4.78 is 0. The first-order chi connectivity index (χ1) is 8.06. The Kier molecular flexibility index (Phi) is 5.07. The molecule has 0 saturated heterocycles. The van der Waals surface area contributed by atoms with Crippen LogP contribution in [0.4, 0.5) is 0 Å². The zero-order valence-corrected chi connectivity index (χ0v) is 10.7. The maximum Gasteiger partial charge on any atom is 0.365 e. The summed E-state index contributed by atoms with van der Waals surface area (Å²) in [5, 5.41) is 19.4. The molecular weight excluding hydrogens is 238 g/mol. The number of aromatic carboxylic acids is 1. The van der Waals surface area contributed by atoms with Crippen LogP contribution in [0.2, 0.25) is 0 Å². The molecule has 0 fully saturated rings. The summed E-state index contributed by atoms with van der Waals surface area (Å²) in [6.07, 6.45) is 0. The smallest absolute Gasteiger partial charge is 0.365 e. The monoisotopic (exact) mass is 253 g/mol. The van der Waals surface area contributed by atoms with E-state index in [2.05, 4.69) is 16.0 Å². The number of thiazole rings is 1. The van der Waals surface area contributed by atoms with Crippen molar-refractivity contribution in [3.8, 4) is 6.07 Å². The molecule has 5 nitrogen and oxygen atoms in total. The van der Waals surface area contributed by atoms with Gasteiger partial charge in [-0.15, -0.1) is 11.3 Å².